The van der Waals surface area contributed by atoms with Crippen LogP contribution in [-0.2, 0) is 4.74 Å². The van der Waals surface area contributed by atoms with Crippen molar-refractivity contribution in [1.82, 2.24) is 4.90 Å². The Labute approximate surface area is 121 Å². The van der Waals surface area contributed by atoms with Crippen molar-refractivity contribution in [3.63, 3.8) is 0 Å². The summed E-state index contributed by atoms with van der Waals surface area (Å²) in [6.07, 6.45) is 2.09. The zero-order valence-corrected chi connectivity index (χ0v) is 12.7. The molecule has 0 N–H and O–H groups in total. The minimum atomic E-state index is 0.0623. The van der Waals surface area contributed by atoms with Gasteiger partial charge in [-0.1, -0.05) is 0 Å². The second kappa shape index (κ2) is 6.08. The van der Waals surface area contributed by atoms with E-state index in [0.717, 1.165) is 35.3 Å². The quantitative estimate of drug-likeness (QED) is 0.845. The first-order valence-electron chi connectivity index (χ1n) is 5.92. The smallest absolute Gasteiger partial charge is 0.255 e. The molecule has 0 spiro atoms. The van der Waals surface area contributed by atoms with Crippen molar-refractivity contribution in [2.24, 2.45) is 0 Å². The molecular formula is C13H16BrNO2S. The predicted octanol–water partition coefficient (Wildman–Crippen LogP) is 2.99. The summed E-state index contributed by atoms with van der Waals surface area (Å²) in [5.41, 5.74) is 0.679. The van der Waals surface area contributed by atoms with Gasteiger partial charge in [0, 0.05) is 29.6 Å². The average Bonchev–Trinajstić information content (AvgIpc) is 2.41. The third-order valence-electron chi connectivity index (χ3n) is 3.24. The molecule has 1 aliphatic heterocycles. The largest absolute Gasteiger partial charge is 0.381 e. The zero-order valence-electron chi connectivity index (χ0n) is 10.2. The van der Waals surface area contributed by atoms with Crippen molar-refractivity contribution in [3.8, 4) is 0 Å². The van der Waals surface area contributed by atoms with Crippen molar-refractivity contribution in [1.29, 1.82) is 0 Å². The number of nitrogens with zero attached hydrogens (tertiary/aromatic N) is 1. The summed E-state index contributed by atoms with van der Waals surface area (Å²) in [5.74, 6) is 0.0623. The lowest BCUT2D eigenvalue weighted by Gasteiger charge is -2.31. The van der Waals surface area contributed by atoms with E-state index in [1.807, 2.05) is 17.0 Å². The van der Waals surface area contributed by atoms with E-state index in [1.54, 1.807) is 13.2 Å². The molecule has 98 valence electrons. The summed E-state index contributed by atoms with van der Waals surface area (Å²) in [6.45, 7) is 1.50. The number of hydrogen-bond acceptors (Lipinski definition) is 3. The average molecular weight is 330 g/mol. The predicted molar refractivity (Wildman–Crippen MR) is 77.3 cm³/mol. The lowest BCUT2D eigenvalue weighted by molar-refractivity contribution is 0.0350. The van der Waals surface area contributed by atoms with E-state index < -0.39 is 0 Å². The van der Waals surface area contributed by atoms with Crippen LogP contribution in [0.3, 0.4) is 0 Å². The van der Waals surface area contributed by atoms with E-state index in [9.17, 15) is 4.79 Å². The number of carbonyl (C=O) groups is 1. The van der Waals surface area contributed by atoms with E-state index in [-0.39, 0.29) is 12.0 Å². The Morgan fingerprint density at radius 1 is 1.44 bits per heavy atom. The highest BCUT2D eigenvalue weighted by molar-refractivity contribution is 9.10. The summed E-state index contributed by atoms with van der Waals surface area (Å²) in [6, 6.07) is 5.52. The Balaban J connectivity index is 2.10. The number of thiol groups is 1. The molecule has 1 heterocycles. The van der Waals surface area contributed by atoms with E-state index >= 15 is 0 Å². The van der Waals surface area contributed by atoms with Crippen molar-refractivity contribution in [2.45, 2.75) is 23.8 Å². The first-order valence-corrected chi connectivity index (χ1v) is 7.16. The van der Waals surface area contributed by atoms with Gasteiger partial charge in [0.05, 0.1) is 11.7 Å². The zero-order chi connectivity index (χ0) is 13.1. The number of benzene rings is 1. The van der Waals surface area contributed by atoms with Gasteiger partial charge in [-0.05, 0) is 47.0 Å². The fourth-order valence-corrected chi connectivity index (χ4v) is 2.76. The molecule has 1 amide bonds. The van der Waals surface area contributed by atoms with Crippen LogP contribution in [0.25, 0.3) is 0 Å². The van der Waals surface area contributed by atoms with Gasteiger partial charge in [0.15, 0.2) is 0 Å². The maximum atomic E-state index is 12.4. The van der Waals surface area contributed by atoms with Gasteiger partial charge in [-0.3, -0.25) is 4.79 Å². The van der Waals surface area contributed by atoms with Crippen LogP contribution in [0.1, 0.15) is 23.2 Å². The molecule has 0 aromatic heterocycles. The van der Waals surface area contributed by atoms with Crippen molar-refractivity contribution >= 4 is 34.5 Å². The molecular weight excluding hydrogens is 314 g/mol. The Hall–Kier alpha value is -0.520. The fraction of sp³-hybridized carbons (Fsp3) is 0.462. The van der Waals surface area contributed by atoms with Gasteiger partial charge >= 0.3 is 0 Å². The Bertz CT molecular complexity index is 445. The number of halogens is 1. The van der Waals surface area contributed by atoms with Crippen LogP contribution < -0.4 is 0 Å². The van der Waals surface area contributed by atoms with Gasteiger partial charge < -0.3 is 9.64 Å². The molecule has 1 aliphatic rings. The van der Waals surface area contributed by atoms with Gasteiger partial charge in [0.25, 0.3) is 5.91 Å². The Morgan fingerprint density at radius 2 is 2.11 bits per heavy atom. The number of hydrogen-bond donors (Lipinski definition) is 1. The van der Waals surface area contributed by atoms with E-state index in [0.29, 0.717) is 5.56 Å². The van der Waals surface area contributed by atoms with Crippen LogP contribution in [0.5, 0.6) is 0 Å². The molecule has 18 heavy (non-hydrogen) atoms. The summed E-state index contributed by atoms with van der Waals surface area (Å²) >= 11 is 7.69. The number of carbonyl (C=O) groups excluding carboxylic acids is 1. The number of amides is 1. The van der Waals surface area contributed by atoms with Gasteiger partial charge in [-0.15, -0.1) is 12.6 Å². The van der Waals surface area contributed by atoms with Crippen molar-refractivity contribution < 1.29 is 9.53 Å². The third-order valence-corrected chi connectivity index (χ3v) is 4.21. The van der Waals surface area contributed by atoms with Gasteiger partial charge in [0.1, 0.15) is 0 Å². The van der Waals surface area contributed by atoms with Gasteiger partial charge in [0.2, 0.25) is 0 Å². The first kappa shape index (κ1) is 13.9. The van der Waals surface area contributed by atoms with Gasteiger partial charge in [-0.2, -0.15) is 0 Å². The molecule has 0 atom stereocenters. The third kappa shape index (κ3) is 3.08. The van der Waals surface area contributed by atoms with Gasteiger partial charge in [-0.25, -0.2) is 0 Å². The summed E-state index contributed by atoms with van der Waals surface area (Å²) in [7, 11) is 1.73. The second-order valence-electron chi connectivity index (χ2n) is 4.39. The monoisotopic (exact) mass is 329 g/mol. The van der Waals surface area contributed by atoms with Crippen LogP contribution in [-0.4, -0.2) is 37.1 Å². The normalized spacial score (nSPS) is 16.9. The van der Waals surface area contributed by atoms with Crippen molar-refractivity contribution in [2.75, 3.05) is 20.2 Å². The Kier molecular flexibility index (Phi) is 4.70. The van der Waals surface area contributed by atoms with E-state index in [1.165, 1.54) is 0 Å². The summed E-state index contributed by atoms with van der Waals surface area (Å²) < 4.78 is 6.13. The number of methoxy groups -OCH3 is 1. The van der Waals surface area contributed by atoms with Crippen LogP contribution in [0.2, 0.25) is 0 Å². The molecule has 3 nitrogen and oxygen atoms in total. The number of ether oxygens (including phenoxy) is 1. The van der Waals surface area contributed by atoms with E-state index in [2.05, 4.69) is 28.6 Å². The minimum absolute atomic E-state index is 0.0623. The molecule has 2 rings (SSSR count). The van der Waals surface area contributed by atoms with Crippen LogP contribution >= 0.6 is 28.6 Å². The van der Waals surface area contributed by atoms with Crippen LogP contribution in [0, 0.1) is 0 Å². The maximum Gasteiger partial charge on any atom is 0.255 e. The SMILES string of the molecule is COC1CCN(C(=O)c2cc(S)ccc2Br)CC1. The lowest BCUT2D eigenvalue weighted by Crippen LogP contribution is -2.40. The second-order valence-corrected chi connectivity index (χ2v) is 5.76. The molecule has 0 saturated carbocycles. The Morgan fingerprint density at radius 3 is 2.72 bits per heavy atom. The topological polar surface area (TPSA) is 29.5 Å². The number of rotatable bonds is 2. The van der Waals surface area contributed by atoms with E-state index in [4.69, 9.17) is 4.74 Å². The molecule has 1 aromatic rings. The molecule has 5 heteroatoms. The molecule has 0 radical (unpaired) electrons. The molecule has 1 aromatic carbocycles. The molecule has 0 bridgehead atoms. The number of likely N-dealkylation sites (tertiary alicyclic amines) is 1. The molecule has 0 unspecified atom stereocenters. The van der Waals surface area contributed by atoms with Crippen molar-refractivity contribution in [3.05, 3.63) is 28.2 Å². The molecule has 1 fully saturated rings. The summed E-state index contributed by atoms with van der Waals surface area (Å²) in [4.78, 5) is 15.1. The molecule has 0 aliphatic carbocycles. The highest BCUT2D eigenvalue weighted by Crippen LogP contribution is 2.23. The molecule has 1 saturated heterocycles. The van der Waals surface area contributed by atoms with Crippen LogP contribution in [0.4, 0.5) is 0 Å². The fourth-order valence-electron chi connectivity index (χ4n) is 2.14. The highest BCUT2D eigenvalue weighted by atomic mass is 79.9. The summed E-state index contributed by atoms with van der Waals surface area (Å²) in [5, 5.41) is 0. The highest BCUT2D eigenvalue weighted by Gasteiger charge is 2.24. The minimum Gasteiger partial charge on any atom is -0.381 e. The van der Waals surface area contributed by atoms with Crippen LogP contribution in [0.15, 0.2) is 27.6 Å². The maximum absolute atomic E-state index is 12.4. The number of piperidine rings is 1. The first-order chi connectivity index (χ1) is 8.61. The standard InChI is InChI=1S/C13H16BrNO2S/c1-17-9-4-6-15(7-5-9)13(16)11-8-10(18)2-3-12(11)14/h2-3,8-9,18H,4-7H2,1H3. The lowest BCUT2D eigenvalue weighted by atomic mass is 10.1.